The maximum absolute atomic E-state index is 13.7. The van der Waals surface area contributed by atoms with E-state index in [1.807, 2.05) is 12.1 Å². The third-order valence-electron chi connectivity index (χ3n) is 7.66. The van der Waals surface area contributed by atoms with Crippen LogP contribution in [0.3, 0.4) is 0 Å². The van der Waals surface area contributed by atoms with Crippen LogP contribution >= 0.6 is 0 Å². The van der Waals surface area contributed by atoms with Crippen LogP contribution in [0.1, 0.15) is 50.6 Å². The number of allylic oxidation sites excluding steroid dienone is 1. The lowest BCUT2D eigenvalue weighted by atomic mass is 10.0. The van der Waals surface area contributed by atoms with Gasteiger partial charge in [-0.05, 0) is 77.2 Å². The molecule has 0 spiro atoms. The van der Waals surface area contributed by atoms with Crippen LogP contribution in [0.4, 0.5) is 24.7 Å². The Bertz CT molecular complexity index is 1140. The highest BCUT2D eigenvalue weighted by Crippen LogP contribution is 2.38. The molecule has 1 aromatic heterocycles. The van der Waals surface area contributed by atoms with Crippen LogP contribution < -0.4 is 16.0 Å². The SMILES string of the molecule is C=C(c1nc(N[C@@H]2CC[C@H](NC(=O)C3CC3)C2)cc2c(NC3CCN(C)CC3)cccc12)C(F)(F)F. The van der Waals surface area contributed by atoms with Gasteiger partial charge in [0, 0.05) is 40.5 Å². The van der Waals surface area contributed by atoms with Crippen molar-refractivity contribution in [2.45, 2.75) is 69.2 Å². The van der Waals surface area contributed by atoms with E-state index in [0.29, 0.717) is 16.6 Å². The van der Waals surface area contributed by atoms with Gasteiger partial charge in [-0.2, -0.15) is 13.2 Å². The Labute approximate surface area is 209 Å². The number of pyridine rings is 1. The van der Waals surface area contributed by atoms with Crippen LogP contribution in [-0.4, -0.2) is 60.2 Å². The zero-order chi connectivity index (χ0) is 25.4. The van der Waals surface area contributed by atoms with Gasteiger partial charge in [-0.3, -0.25) is 4.79 Å². The van der Waals surface area contributed by atoms with E-state index in [0.717, 1.165) is 63.7 Å². The van der Waals surface area contributed by atoms with Crippen molar-refractivity contribution in [2.24, 2.45) is 5.92 Å². The summed E-state index contributed by atoms with van der Waals surface area (Å²) in [5, 5.41) is 11.2. The van der Waals surface area contributed by atoms with E-state index in [4.69, 9.17) is 0 Å². The minimum Gasteiger partial charge on any atom is -0.382 e. The van der Waals surface area contributed by atoms with Crippen molar-refractivity contribution < 1.29 is 18.0 Å². The number of hydrogen-bond donors (Lipinski definition) is 3. The molecular formula is C27H34F3N5O. The van der Waals surface area contributed by atoms with Gasteiger partial charge in [0.2, 0.25) is 5.91 Å². The molecule has 1 aliphatic heterocycles. The predicted octanol–water partition coefficient (Wildman–Crippen LogP) is 5.18. The molecule has 194 valence electrons. The lowest BCUT2D eigenvalue weighted by Crippen LogP contribution is -2.36. The molecule has 0 unspecified atom stereocenters. The number of likely N-dealkylation sites (tertiary alicyclic amines) is 1. The maximum atomic E-state index is 13.7. The Morgan fingerprint density at radius 2 is 1.72 bits per heavy atom. The topological polar surface area (TPSA) is 69.3 Å². The van der Waals surface area contributed by atoms with E-state index in [9.17, 15) is 18.0 Å². The Morgan fingerprint density at radius 3 is 2.42 bits per heavy atom. The third-order valence-corrected chi connectivity index (χ3v) is 7.66. The number of halogens is 3. The van der Waals surface area contributed by atoms with Gasteiger partial charge >= 0.3 is 6.18 Å². The van der Waals surface area contributed by atoms with Crippen LogP contribution in [0.25, 0.3) is 16.3 Å². The van der Waals surface area contributed by atoms with Crippen LogP contribution in [0.15, 0.2) is 30.8 Å². The number of benzene rings is 1. The number of piperidine rings is 1. The summed E-state index contributed by atoms with van der Waals surface area (Å²) < 4.78 is 41.2. The highest BCUT2D eigenvalue weighted by molar-refractivity contribution is 6.01. The molecule has 9 heteroatoms. The summed E-state index contributed by atoms with van der Waals surface area (Å²) >= 11 is 0. The summed E-state index contributed by atoms with van der Waals surface area (Å²) in [4.78, 5) is 18.8. The number of aromatic nitrogens is 1. The molecule has 2 saturated carbocycles. The molecular weight excluding hydrogens is 467 g/mol. The zero-order valence-electron chi connectivity index (χ0n) is 20.6. The van der Waals surface area contributed by atoms with Crippen molar-refractivity contribution in [3.63, 3.8) is 0 Å². The van der Waals surface area contributed by atoms with Gasteiger partial charge in [0.15, 0.2) is 0 Å². The Balaban J connectivity index is 1.41. The summed E-state index contributed by atoms with van der Waals surface area (Å²) in [5.41, 5.74) is -0.288. The van der Waals surface area contributed by atoms with Crippen molar-refractivity contribution in [3.8, 4) is 0 Å². The van der Waals surface area contributed by atoms with E-state index in [-0.39, 0.29) is 35.6 Å². The number of alkyl halides is 3. The normalized spacial score (nSPS) is 23.6. The number of carbonyl (C=O) groups is 1. The molecule has 2 aliphatic carbocycles. The second kappa shape index (κ2) is 9.92. The largest absolute Gasteiger partial charge is 0.417 e. The van der Waals surface area contributed by atoms with Gasteiger partial charge < -0.3 is 20.9 Å². The number of hydrogen-bond acceptors (Lipinski definition) is 5. The fourth-order valence-corrected chi connectivity index (χ4v) is 5.33. The van der Waals surface area contributed by atoms with Crippen LogP contribution in [0.5, 0.6) is 0 Å². The number of nitrogens with one attached hydrogen (secondary N) is 3. The van der Waals surface area contributed by atoms with E-state index in [2.05, 4.69) is 39.5 Å². The smallest absolute Gasteiger partial charge is 0.382 e. The second-order valence-electron chi connectivity index (χ2n) is 10.6. The van der Waals surface area contributed by atoms with E-state index in [1.165, 1.54) is 0 Å². The average Bonchev–Trinajstić information content (AvgIpc) is 3.61. The Hall–Kier alpha value is -2.81. The van der Waals surface area contributed by atoms with Gasteiger partial charge in [-0.15, -0.1) is 0 Å². The number of amides is 1. The monoisotopic (exact) mass is 501 g/mol. The number of rotatable bonds is 7. The van der Waals surface area contributed by atoms with E-state index >= 15 is 0 Å². The molecule has 3 aliphatic rings. The molecule has 6 nitrogen and oxygen atoms in total. The standard InChI is InChI=1S/C27H34F3N5O/c1-16(27(28,29)30)25-21-4-3-5-23(31-18-10-12-35(2)13-11-18)22(21)15-24(34-25)32-19-8-9-20(14-19)33-26(36)17-6-7-17/h3-5,15,17-20,31H,1,6-14H2,2H3,(H,32,34)(H,33,36)/t19-,20+/m1/s1. The molecule has 2 atom stereocenters. The fraction of sp³-hybridized carbons (Fsp3) is 0.556. The molecule has 0 radical (unpaired) electrons. The minimum absolute atomic E-state index is 0.0282. The van der Waals surface area contributed by atoms with Crippen molar-refractivity contribution in [2.75, 3.05) is 30.8 Å². The number of anilines is 2. The molecule has 2 aromatic rings. The van der Waals surface area contributed by atoms with Gasteiger partial charge in [0.1, 0.15) is 5.82 Å². The molecule has 3 fully saturated rings. The van der Waals surface area contributed by atoms with Crippen molar-refractivity contribution in [3.05, 3.63) is 36.5 Å². The predicted molar refractivity (Wildman–Crippen MR) is 137 cm³/mol. The molecule has 1 amide bonds. The highest BCUT2D eigenvalue weighted by Gasteiger charge is 2.36. The summed E-state index contributed by atoms with van der Waals surface area (Å²) in [6.45, 7) is 5.31. The van der Waals surface area contributed by atoms with Gasteiger partial charge in [-0.1, -0.05) is 18.7 Å². The highest BCUT2D eigenvalue weighted by atomic mass is 19.4. The number of nitrogens with zero attached hydrogens (tertiary/aromatic N) is 2. The lowest BCUT2D eigenvalue weighted by Gasteiger charge is -2.30. The number of fused-ring (bicyclic) bond motifs is 1. The average molecular weight is 502 g/mol. The first-order valence-corrected chi connectivity index (χ1v) is 12.9. The van der Waals surface area contributed by atoms with Crippen LogP contribution in [-0.2, 0) is 4.79 Å². The van der Waals surface area contributed by atoms with Gasteiger partial charge in [-0.25, -0.2) is 4.98 Å². The Kier molecular flexibility index (Phi) is 6.85. The zero-order valence-corrected chi connectivity index (χ0v) is 20.6. The number of carbonyl (C=O) groups excluding carboxylic acids is 1. The van der Waals surface area contributed by atoms with Crippen LogP contribution in [0.2, 0.25) is 0 Å². The first kappa shape index (κ1) is 24.9. The van der Waals surface area contributed by atoms with Crippen molar-refractivity contribution >= 4 is 33.8 Å². The molecule has 36 heavy (non-hydrogen) atoms. The van der Waals surface area contributed by atoms with E-state index in [1.54, 1.807) is 12.1 Å². The van der Waals surface area contributed by atoms with Gasteiger partial charge in [0.25, 0.3) is 0 Å². The Morgan fingerprint density at radius 1 is 1.00 bits per heavy atom. The van der Waals surface area contributed by atoms with Crippen molar-refractivity contribution in [1.82, 2.24) is 15.2 Å². The summed E-state index contributed by atoms with van der Waals surface area (Å²) in [5.74, 6) is 0.683. The first-order valence-electron chi connectivity index (χ1n) is 12.9. The van der Waals surface area contributed by atoms with Gasteiger partial charge in [0.05, 0.1) is 11.3 Å². The molecule has 5 rings (SSSR count). The van der Waals surface area contributed by atoms with Crippen LogP contribution in [0, 0.1) is 5.92 Å². The molecule has 2 heterocycles. The first-order chi connectivity index (χ1) is 17.2. The van der Waals surface area contributed by atoms with E-state index < -0.39 is 11.7 Å². The molecule has 0 bridgehead atoms. The second-order valence-corrected chi connectivity index (χ2v) is 10.6. The maximum Gasteiger partial charge on any atom is 0.417 e. The summed E-state index contributed by atoms with van der Waals surface area (Å²) in [6, 6.07) is 7.58. The minimum atomic E-state index is -4.58. The summed E-state index contributed by atoms with van der Waals surface area (Å²) in [6.07, 6.45) is 1.67. The molecule has 1 saturated heterocycles. The summed E-state index contributed by atoms with van der Waals surface area (Å²) in [7, 11) is 2.09. The third kappa shape index (κ3) is 5.61. The fourth-order valence-electron chi connectivity index (χ4n) is 5.33. The lowest BCUT2D eigenvalue weighted by molar-refractivity contribution is -0.122. The molecule has 1 aromatic carbocycles. The van der Waals surface area contributed by atoms with Crippen molar-refractivity contribution in [1.29, 1.82) is 0 Å². The molecule has 3 N–H and O–H groups in total. The quantitative estimate of drug-likeness (QED) is 0.488.